The van der Waals surface area contributed by atoms with E-state index in [0.29, 0.717) is 6.54 Å². The summed E-state index contributed by atoms with van der Waals surface area (Å²) in [6.07, 6.45) is 1.76. The third kappa shape index (κ3) is 3.40. The molecule has 0 aliphatic rings. The molecule has 0 aliphatic carbocycles. The van der Waals surface area contributed by atoms with E-state index in [2.05, 4.69) is 24.6 Å². The van der Waals surface area contributed by atoms with Gasteiger partial charge in [-0.05, 0) is 26.1 Å². The van der Waals surface area contributed by atoms with E-state index in [-0.39, 0.29) is 12.3 Å². The molecule has 0 saturated heterocycles. The lowest BCUT2D eigenvalue weighted by Crippen LogP contribution is -2.24. The summed E-state index contributed by atoms with van der Waals surface area (Å²) in [5, 5.41) is 8.10. The first-order valence-electron chi connectivity index (χ1n) is 7.20. The number of benzene rings is 1. The van der Waals surface area contributed by atoms with Gasteiger partial charge in [-0.3, -0.25) is 4.68 Å². The molecule has 9 heteroatoms. The molecule has 3 rings (SSSR count). The first-order valence-corrected chi connectivity index (χ1v) is 8.86. The predicted molar refractivity (Wildman–Crippen MR) is 86.4 cm³/mol. The Morgan fingerprint density at radius 2 is 2.04 bits per heavy atom. The average molecular weight is 334 g/mol. The van der Waals surface area contributed by atoms with E-state index in [9.17, 15) is 8.42 Å². The second kappa shape index (κ2) is 6.09. The van der Waals surface area contributed by atoms with Gasteiger partial charge in [0.05, 0.1) is 36.1 Å². The van der Waals surface area contributed by atoms with Crippen LogP contribution in [0.4, 0.5) is 0 Å². The lowest BCUT2D eigenvalue weighted by molar-refractivity contribution is 0.568. The molecule has 1 aromatic carbocycles. The molecule has 1 N–H and O–H groups in total. The van der Waals surface area contributed by atoms with Gasteiger partial charge in [0.15, 0.2) is 0 Å². The first kappa shape index (κ1) is 15.6. The number of nitrogens with one attached hydrogen (secondary N) is 1. The van der Waals surface area contributed by atoms with E-state index in [4.69, 9.17) is 0 Å². The molecular weight excluding hydrogens is 316 g/mol. The highest BCUT2D eigenvalue weighted by Gasteiger charge is 2.11. The molecule has 0 fully saturated rings. The average Bonchev–Trinajstić information content (AvgIpc) is 3.11. The summed E-state index contributed by atoms with van der Waals surface area (Å²) in [7, 11) is -1.85. The van der Waals surface area contributed by atoms with Crippen LogP contribution in [0.15, 0.2) is 30.5 Å². The van der Waals surface area contributed by atoms with Gasteiger partial charge in [0.25, 0.3) is 0 Å². The van der Waals surface area contributed by atoms with Crippen LogP contribution in [0.25, 0.3) is 11.0 Å². The van der Waals surface area contributed by atoms with Crippen LogP contribution in [0.5, 0.6) is 0 Å². The van der Waals surface area contributed by atoms with E-state index in [0.717, 1.165) is 22.6 Å². The van der Waals surface area contributed by atoms with Crippen molar-refractivity contribution in [2.24, 2.45) is 0 Å². The summed E-state index contributed by atoms with van der Waals surface area (Å²) in [5.74, 6) is 0.873. The normalized spacial score (nSPS) is 12.1. The Hall–Kier alpha value is -2.26. The molecule has 0 spiro atoms. The summed E-state index contributed by atoms with van der Waals surface area (Å²) in [4.78, 5) is 4.52. The zero-order valence-electron chi connectivity index (χ0n) is 13.0. The second-order valence-corrected chi connectivity index (χ2v) is 7.28. The molecule has 0 radical (unpaired) electrons. The number of fused-ring (bicyclic) bond motifs is 1. The molecule has 0 bridgehead atoms. The Balaban J connectivity index is 1.77. The minimum Gasteiger partial charge on any atom is -0.322 e. The Labute approximate surface area is 134 Å². The highest BCUT2D eigenvalue weighted by atomic mass is 32.2. The predicted octanol–water partition coefficient (Wildman–Crippen LogP) is 0.534. The topological polar surface area (TPSA) is 94.7 Å². The molecule has 122 valence electrons. The molecule has 2 heterocycles. The number of rotatable bonds is 6. The van der Waals surface area contributed by atoms with Crippen molar-refractivity contribution in [2.75, 3.05) is 12.8 Å². The molecule has 23 heavy (non-hydrogen) atoms. The Kier molecular flexibility index (Phi) is 4.14. The highest BCUT2D eigenvalue weighted by Crippen LogP contribution is 2.16. The van der Waals surface area contributed by atoms with Crippen molar-refractivity contribution >= 4 is 21.1 Å². The minimum atomic E-state index is -3.25. The Morgan fingerprint density at radius 1 is 1.26 bits per heavy atom. The monoisotopic (exact) mass is 334 g/mol. The van der Waals surface area contributed by atoms with Crippen LogP contribution in [0.2, 0.25) is 0 Å². The fourth-order valence-corrected chi connectivity index (χ4v) is 3.03. The van der Waals surface area contributed by atoms with Gasteiger partial charge >= 0.3 is 0 Å². The SMILES string of the molecule is CNS(=O)(=O)CCn1cc(Cn2c(C)nc3ccccc32)nn1. The second-order valence-electron chi connectivity index (χ2n) is 5.23. The van der Waals surface area contributed by atoms with Crippen molar-refractivity contribution < 1.29 is 8.42 Å². The number of hydrogen-bond acceptors (Lipinski definition) is 5. The fraction of sp³-hybridized carbons (Fsp3) is 0.357. The number of imidazole rings is 1. The minimum absolute atomic E-state index is 0.0284. The summed E-state index contributed by atoms with van der Waals surface area (Å²) in [6.45, 7) is 2.76. The number of aromatic nitrogens is 5. The van der Waals surface area contributed by atoms with Crippen LogP contribution in [0.1, 0.15) is 11.5 Å². The number of nitrogens with zero attached hydrogens (tertiary/aromatic N) is 5. The van der Waals surface area contributed by atoms with Crippen LogP contribution in [0, 0.1) is 6.92 Å². The van der Waals surface area contributed by atoms with Gasteiger partial charge in [-0.1, -0.05) is 17.3 Å². The van der Waals surface area contributed by atoms with Crippen molar-refractivity contribution in [3.05, 3.63) is 42.0 Å². The van der Waals surface area contributed by atoms with Crippen LogP contribution >= 0.6 is 0 Å². The van der Waals surface area contributed by atoms with E-state index in [1.54, 1.807) is 10.9 Å². The summed E-state index contributed by atoms with van der Waals surface area (Å²) in [6, 6.07) is 7.91. The van der Waals surface area contributed by atoms with Gasteiger partial charge in [0.1, 0.15) is 11.5 Å². The summed E-state index contributed by atoms with van der Waals surface area (Å²) in [5.41, 5.74) is 2.74. The standard InChI is InChI=1S/C14H18N6O2S/c1-11-16-13-5-3-4-6-14(13)20(11)10-12-9-19(18-17-12)7-8-23(21,22)15-2/h3-6,9,15H,7-8,10H2,1-2H3. The fourth-order valence-electron chi connectivity index (χ4n) is 2.39. The van der Waals surface area contributed by atoms with Crippen molar-refractivity contribution in [1.82, 2.24) is 29.3 Å². The van der Waals surface area contributed by atoms with Crippen LogP contribution in [-0.2, 0) is 23.1 Å². The third-order valence-corrected chi connectivity index (χ3v) is 4.99. The molecule has 0 unspecified atom stereocenters. The molecule has 8 nitrogen and oxygen atoms in total. The number of para-hydroxylation sites is 2. The van der Waals surface area contributed by atoms with E-state index in [1.165, 1.54) is 7.05 Å². The molecule has 0 saturated carbocycles. The lowest BCUT2D eigenvalue weighted by Gasteiger charge is -2.03. The molecular formula is C14H18N6O2S. The van der Waals surface area contributed by atoms with Gasteiger partial charge in [-0.2, -0.15) is 0 Å². The number of hydrogen-bond donors (Lipinski definition) is 1. The maximum atomic E-state index is 11.4. The van der Waals surface area contributed by atoms with Crippen LogP contribution < -0.4 is 4.72 Å². The molecule has 0 atom stereocenters. The van der Waals surface area contributed by atoms with Gasteiger partial charge in [-0.25, -0.2) is 18.1 Å². The van der Waals surface area contributed by atoms with Crippen LogP contribution in [-0.4, -0.2) is 45.8 Å². The first-order chi connectivity index (χ1) is 11.0. The van der Waals surface area contributed by atoms with Crippen molar-refractivity contribution in [2.45, 2.75) is 20.0 Å². The molecule has 0 aliphatic heterocycles. The van der Waals surface area contributed by atoms with Gasteiger partial charge < -0.3 is 4.57 Å². The van der Waals surface area contributed by atoms with Crippen LogP contribution in [0.3, 0.4) is 0 Å². The quantitative estimate of drug-likeness (QED) is 0.710. The zero-order valence-corrected chi connectivity index (χ0v) is 13.8. The highest BCUT2D eigenvalue weighted by molar-refractivity contribution is 7.89. The number of aryl methyl sites for hydroxylation is 2. The number of sulfonamides is 1. The maximum absolute atomic E-state index is 11.4. The van der Waals surface area contributed by atoms with E-state index >= 15 is 0 Å². The zero-order chi connectivity index (χ0) is 16.4. The smallest absolute Gasteiger partial charge is 0.213 e. The Bertz CT molecular complexity index is 928. The summed E-state index contributed by atoms with van der Waals surface area (Å²) < 4.78 is 28.8. The Morgan fingerprint density at radius 3 is 2.83 bits per heavy atom. The van der Waals surface area contributed by atoms with Crippen molar-refractivity contribution in [3.8, 4) is 0 Å². The van der Waals surface area contributed by atoms with Gasteiger partial charge in [0.2, 0.25) is 10.0 Å². The largest absolute Gasteiger partial charge is 0.322 e. The van der Waals surface area contributed by atoms with E-state index in [1.807, 2.05) is 31.2 Å². The van der Waals surface area contributed by atoms with Crippen molar-refractivity contribution in [3.63, 3.8) is 0 Å². The van der Waals surface area contributed by atoms with Gasteiger partial charge in [-0.15, -0.1) is 5.10 Å². The lowest BCUT2D eigenvalue weighted by atomic mass is 10.3. The molecule has 3 aromatic rings. The maximum Gasteiger partial charge on any atom is 0.213 e. The summed E-state index contributed by atoms with van der Waals surface area (Å²) >= 11 is 0. The molecule has 2 aromatic heterocycles. The van der Waals surface area contributed by atoms with E-state index < -0.39 is 10.0 Å². The molecule has 0 amide bonds. The van der Waals surface area contributed by atoms with Crippen molar-refractivity contribution in [1.29, 1.82) is 0 Å². The third-order valence-electron chi connectivity index (χ3n) is 3.65. The van der Waals surface area contributed by atoms with Gasteiger partial charge in [0, 0.05) is 0 Å².